The topological polar surface area (TPSA) is 49.4 Å². The molecule has 1 fully saturated rings. The van der Waals surface area contributed by atoms with Gasteiger partial charge < -0.3 is 10.2 Å². The third-order valence-corrected chi connectivity index (χ3v) is 5.31. The predicted octanol–water partition coefficient (Wildman–Crippen LogP) is 4.82. The van der Waals surface area contributed by atoms with Gasteiger partial charge in [-0.1, -0.05) is 36.4 Å². The normalized spacial score (nSPS) is 14.5. The van der Waals surface area contributed by atoms with Crippen LogP contribution < -0.4 is 5.32 Å². The van der Waals surface area contributed by atoms with Gasteiger partial charge in [0.1, 0.15) is 0 Å². The summed E-state index contributed by atoms with van der Waals surface area (Å²) in [5, 5.41) is 2.72. The average molecular weight is 430 g/mol. The van der Waals surface area contributed by atoms with Crippen LogP contribution in [0.5, 0.6) is 0 Å². The molecule has 3 rings (SSSR count). The summed E-state index contributed by atoms with van der Waals surface area (Å²) in [6.07, 6.45) is 0.220. The van der Waals surface area contributed by atoms with E-state index in [4.69, 9.17) is 0 Å². The van der Waals surface area contributed by atoms with Crippen molar-refractivity contribution in [3.63, 3.8) is 0 Å². The number of rotatable bonds is 7. The van der Waals surface area contributed by atoms with E-state index in [1.807, 2.05) is 0 Å². The lowest BCUT2D eigenvalue weighted by molar-refractivity contribution is -0.137. The molecule has 4 nitrogen and oxygen atoms in total. The fourth-order valence-corrected chi connectivity index (χ4v) is 3.75. The van der Waals surface area contributed by atoms with Crippen molar-refractivity contribution in [2.45, 2.75) is 32.4 Å². The number of hydrogen-bond acceptors (Lipinski definition) is 2. The number of amides is 2. The Hall–Kier alpha value is -3.09. The molecule has 2 aromatic carbocycles. The van der Waals surface area contributed by atoms with Gasteiger partial charge in [-0.05, 0) is 48.6 Å². The first kappa shape index (κ1) is 22.6. The lowest BCUT2D eigenvalue weighted by Crippen LogP contribution is -2.29. The van der Waals surface area contributed by atoms with Crippen molar-refractivity contribution in [3.8, 4) is 11.1 Å². The maximum absolute atomic E-state index is 13.7. The van der Waals surface area contributed by atoms with E-state index in [2.05, 4.69) is 5.32 Å². The minimum atomic E-state index is -4.52. The zero-order valence-corrected chi connectivity index (χ0v) is 17.3. The molecule has 0 spiro atoms. The van der Waals surface area contributed by atoms with Crippen LogP contribution in [0.2, 0.25) is 0 Å². The summed E-state index contributed by atoms with van der Waals surface area (Å²) in [4.78, 5) is 25.5. The molecule has 0 aromatic heterocycles. The van der Waals surface area contributed by atoms with Crippen LogP contribution in [0.3, 0.4) is 0 Å². The van der Waals surface area contributed by atoms with Crippen molar-refractivity contribution in [1.82, 2.24) is 10.2 Å². The Kier molecular flexibility index (Phi) is 7.15. The molecule has 0 bridgehead atoms. The molecule has 1 heterocycles. The van der Waals surface area contributed by atoms with Gasteiger partial charge >= 0.3 is 6.18 Å². The van der Waals surface area contributed by atoms with Gasteiger partial charge in [0.2, 0.25) is 11.8 Å². The largest absolute Gasteiger partial charge is 0.417 e. The van der Waals surface area contributed by atoms with E-state index in [1.54, 1.807) is 42.2 Å². The van der Waals surface area contributed by atoms with Gasteiger partial charge in [-0.15, -0.1) is 0 Å². The lowest BCUT2D eigenvalue weighted by atomic mass is 9.91. The molecule has 7 heteroatoms. The fourth-order valence-electron chi connectivity index (χ4n) is 3.75. The summed E-state index contributed by atoms with van der Waals surface area (Å²) in [6, 6.07) is 10.8. The van der Waals surface area contributed by atoms with Crippen molar-refractivity contribution >= 4 is 17.9 Å². The van der Waals surface area contributed by atoms with Crippen LogP contribution in [0.15, 0.2) is 48.5 Å². The molecular formula is C24H25F3N2O2. The number of likely N-dealkylation sites (tertiary alicyclic amines) is 1. The van der Waals surface area contributed by atoms with Gasteiger partial charge in [0.25, 0.3) is 0 Å². The number of carbonyl (C=O) groups is 2. The molecule has 0 radical (unpaired) electrons. The first-order valence-electron chi connectivity index (χ1n) is 10.3. The van der Waals surface area contributed by atoms with Gasteiger partial charge in [-0.2, -0.15) is 13.2 Å². The summed E-state index contributed by atoms with van der Waals surface area (Å²) in [7, 11) is 0. The summed E-state index contributed by atoms with van der Waals surface area (Å²) in [6.45, 7) is 3.49. The van der Waals surface area contributed by atoms with Crippen LogP contribution in [-0.2, 0) is 15.8 Å². The summed E-state index contributed by atoms with van der Waals surface area (Å²) in [5.41, 5.74) is 0.840. The van der Waals surface area contributed by atoms with Crippen molar-refractivity contribution in [2.24, 2.45) is 0 Å². The van der Waals surface area contributed by atoms with Crippen molar-refractivity contribution in [1.29, 1.82) is 0 Å². The molecule has 164 valence electrons. The van der Waals surface area contributed by atoms with Gasteiger partial charge in [0, 0.05) is 37.7 Å². The number of aryl methyl sites for hydroxylation is 1. The monoisotopic (exact) mass is 430 g/mol. The van der Waals surface area contributed by atoms with Crippen LogP contribution in [0, 0.1) is 6.92 Å². The SMILES string of the molecule is Cc1ccccc1-c1c(/C=C/C(=O)NCCCN2CCCC2=O)cccc1C(F)(F)F. The van der Waals surface area contributed by atoms with Crippen LogP contribution in [-0.4, -0.2) is 36.3 Å². The highest BCUT2D eigenvalue weighted by Crippen LogP contribution is 2.40. The Labute approximate surface area is 179 Å². The number of nitrogens with zero attached hydrogens (tertiary/aromatic N) is 1. The maximum atomic E-state index is 13.7. The average Bonchev–Trinajstić information content (AvgIpc) is 3.14. The Morgan fingerprint density at radius 1 is 1.16 bits per heavy atom. The minimum Gasteiger partial charge on any atom is -0.352 e. The highest BCUT2D eigenvalue weighted by atomic mass is 19.4. The number of halogens is 3. The molecule has 2 amide bonds. The van der Waals surface area contributed by atoms with Gasteiger partial charge in [-0.3, -0.25) is 9.59 Å². The molecule has 0 atom stereocenters. The summed E-state index contributed by atoms with van der Waals surface area (Å²) >= 11 is 0. The minimum absolute atomic E-state index is 0.0599. The Balaban J connectivity index is 1.73. The fraction of sp³-hybridized carbons (Fsp3) is 0.333. The number of alkyl halides is 3. The Morgan fingerprint density at radius 3 is 2.61 bits per heavy atom. The molecule has 0 aliphatic carbocycles. The van der Waals surface area contributed by atoms with E-state index in [9.17, 15) is 22.8 Å². The molecule has 0 saturated carbocycles. The number of benzene rings is 2. The number of carbonyl (C=O) groups excluding carboxylic acids is 2. The van der Waals surface area contributed by atoms with E-state index in [-0.39, 0.29) is 17.4 Å². The van der Waals surface area contributed by atoms with Crippen LogP contribution in [0.1, 0.15) is 36.0 Å². The quantitative estimate of drug-likeness (QED) is 0.506. The molecule has 1 N–H and O–H groups in total. The Bertz CT molecular complexity index is 983. The first-order valence-corrected chi connectivity index (χ1v) is 10.3. The smallest absolute Gasteiger partial charge is 0.352 e. The first-order chi connectivity index (χ1) is 14.8. The number of nitrogens with one attached hydrogen (secondary N) is 1. The zero-order chi connectivity index (χ0) is 22.4. The second-order valence-electron chi connectivity index (χ2n) is 7.54. The molecule has 1 aliphatic rings. The summed E-state index contributed by atoms with van der Waals surface area (Å²) < 4.78 is 41.0. The van der Waals surface area contributed by atoms with Crippen LogP contribution >= 0.6 is 0 Å². The second-order valence-corrected chi connectivity index (χ2v) is 7.54. The molecule has 0 unspecified atom stereocenters. The lowest BCUT2D eigenvalue weighted by Gasteiger charge is -2.17. The molecular weight excluding hydrogens is 405 g/mol. The van der Waals surface area contributed by atoms with Gasteiger partial charge in [0.05, 0.1) is 5.56 Å². The van der Waals surface area contributed by atoms with Crippen molar-refractivity contribution in [2.75, 3.05) is 19.6 Å². The highest BCUT2D eigenvalue weighted by Gasteiger charge is 2.34. The standard InChI is InChI=1S/C24H25F3N2O2/c1-17-7-2-3-9-19(17)23-18(8-4-10-20(23)24(25,26)27)12-13-21(30)28-14-6-16-29-15-5-11-22(29)31/h2-4,7-10,12-13H,5-6,11,14-16H2,1H3,(H,28,30)/b13-12+. The van der Waals surface area contributed by atoms with E-state index < -0.39 is 11.7 Å². The van der Waals surface area contributed by atoms with E-state index >= 15 is 0 Å². The van der Waals surface area contributed by atoms with Crippen molar-refractivity contribution < 1.29 is 22.8 Å². The second kappa shape index (κ2) is 9.81. The van der Waals surface area contributed by atoms with Gasteiger partial charge in [0.15, 0.2) is 0 Å². The van der Waals surface area contributed by atoms with Gasteiger partial charge in [-0.25, -0.2) is 0 Å². The molecule has 2 aromatic rings. The third-order valence-electron chi connectivity index (χ3n) is 5.31. The van der Waals surface area contributed by atoms with Crippen LogP contribution in [0.25, 0.3) is 17.2 Å². The predicted molar refractivity (Wildman–Crippen MR) is 114 cm³/mol. The Morgan fingerprint density at radius 2 is 1.94 bits per heavy atom. The molecule has 1 aliphatic heterocycles. The third kappa shape index (κ3) is 5.75. The highest BCUT2D eigenvalue weighted by molar-refractivity contribution is 5.93. The molecule has 31 heavy (non-hydrogen) atoms. The van der Waals surface area contributed by atoms with Crippen LogP contribution in [0.4, 0.5) is 13.2 Å². The van der Waals surface area contributed by atoms with Crippen molar-refractivity contribution in [3.05, 3.63) is 65.2 Å². The number of hydrogen-bond donors (Lipinski definition) is 1. The zero-order valence-electron chi connectivity index (χ0n) is 17.3. The van der Waals surface area contributed by atoms with E-state index in [0.717, 1.165) is 24.6 Å². The van der Waals surface area contributed by atoms with E-state index in [0.29, 0.717) is 37.1 Å². The maximum Gasteiger partial charge on any atom is 0.417 e. The molecule has 1 saturated heterocycles. The summed E-state index contributed by atoms with van der Waals surface area (Å²) in [5.74, 6) is -0.250. The van der Waals surface area contributed by atoms with E-state index in [1.165, 1.54) is 18.2 Å².